The average Bonchev–Trinajstić information content (AvgIpc) is 2.28. The quantitative estimate of drug-likeness (QED) is 0.645. The van der Waals surface area contributed by atoms with Crippen molar-refractivity contribution >= 4 is 11.4 Å². The molecule has 1 atom stereocenters. The van der Waals surface area contributed by atoms with Gasteiger partial charge in [0.1, 0.15) is 0 Å². The summed E-state index contributed by atoms with van der Waals surface area (Å²) in [6, 6.07) is 1.58. The summed E-state index contributed by atoms with van der Waals surface area (Å²) < 4.78 is 26.7. The fraction of sp³-hybridized carbons (Fsp3) is 0.538. The molecule has 0 aliphatic carbocycles. The Hall–Kier alpha value is -1.76. The number of aliphatic hydroxyl groups is 1. The fourth-order valence-electron chi connectivity index (χ4n) is 1.86. The zero-order valence-electron chi connectivity index (χ0n) is 11.6. The summed E-state index contributed by atoms with van der Waals surface area (Å²) in [5, 5.41) is 23.0. The van der Waals surface area contributed by atoms with E-state index in [1.54, 1.807) is 0 Å². The van der Waals surface area contributed by atoms with Crippen LogP contribution in [0.3, 0.4) is 0 Å². The van der Waals surface area contributed by atoms with Crippen LogP contribution in [0.1, 0.15) is 27.2 Å². The largest absolute Gasteiger partial charge is 0.391 e. The van der Waals surface area contributed by atoms with Gasteiger partial charge < -0.3 is 10.4 Å². The van der Waals surface area contributed by atoms with E-state index in [4.69, 9.17) is 0 Å². The van der Waals surface area contributed by atoms with Crippen LogP contribution in [0.25, 0.3) is 0 Å². The van der Waals surface area contributed by atoms with E-state index in [1.807, 2.05) is 20.8 Å². The lowest BCUT2D eigenvalue weighted by molar-refractivity contribution is -0.384. The Labute approximate surface area is 115 Å². The summed E-state index contributed by atoms with van der Waals surface area (Å²) in [6.45, 7) is 5.66. The number of hydrogen-bond acceptors (Lipinski definition) is 4. The number of hydrogen-bond donors (Lipinski definition) is 2. The molecule has 0 aliphatic heterocycles. The van der Waals surface area contributed by atoms with E-state index in [1.165, 1.54) is 0 Å². The molecule has 0 aliphatic rings. The molecule has 0 fully saturated rings. The highest BCUT2D eigenvalue weighted by atomic mass is 19.2. The number of rotatable bonds is 5. The second kappa shape index (κ2) is 6.13. The van der Waals surface area contributed by atoms with Crippen molar-refractivity contribution in [1.82, 2.24) is 0 Å². The van der Waals surface area contributed by atoms with Crippen LogP contribution in [0.2, 0.25) is 0 Å². The Balaban J connectivity index is 2.87. The molecule has 112 valence electrons. The highest BCUT2D eigenvalue weighted by Gasteiger charge is 2.23. The molecule has 1 aromatic carbocycles. The Morgan fingerprint density at radius 1 is 1.40 bits per heavy atom. The predicted molar refractivity (Wildman–Crippen MR) is 71.6 cm³/mol. The third-order valence-corrected chi connectivity index (χ3v) is 2.63. The van der Waals surface area contributed by atoms with E-state index in [0.29, 0.717) is 12.5 Å². The number of anilines is 1. The van der Waals surface area contributed by atoms with Gasteiger partial charge in [0.2, 0.25) is 0 Å². The molecule has 2 N–H and O–H groups in total. The maximum atomic E-state index is 13.6. The lowest BCUT2D eigenvalue weighted by Gasteiger charge is -2.22. The normalized spacial score (nSPS) is 13.1. The first kappa shape index (κ1) is 16.3. The smallest absolute Gasteiger partial charge is 0.295 e. The van der Waals surface area contributed by atoms with Crippen molar-refractivity contribution in [3.05, 3.63) is 33.9 Å². The molecule has 0 saturated heterocycles. The first-order valence-electron chi connectivity index (χ1n) is 6.16. The second-order valence-electron chi connectivity index (χ2n) is 5.81. The van der Waals surface area contributed by atoms with Crippen LogP contribution >= 0.6 is 0 Å². The number of halogens is 2. The van der Waals surface area contributed by atoms with Crippen LogP contribution in [0, 0.1) is 27.2 Å². The number of aliphatic hydroxyl groups excluding tert-OH is 1. The Kier molecular flexibility index (Phi) is 4.99. The second-order valence-corrected chi connectivity index (χ2v) is 5.81. The van der Waals surface area contributed by atoms with Gasteiger partial charge in [-0.1, -0.05) is 20.8 Å². The Morgan fingerprint density at radius 2 is 2.00 bits per heavy atom. The molecular formula is C13H18F2N2O3. The van der Waals surface area contributed by atoms with Crippen LogP contribution in [0.4, 0.5) is 20.2 Å². The van der Waals surface area contributed by atoms with Crippen LogP contribution in [0.5, 0.6) is 0 Å². The van der Waals surface area contributed by atoms with Crippen molar-refractivity contribution in [3.63, 3.8) is 0 Å². The molecule has 1 aromatic rings. The molecule has 0 bridgehead atoms. The molecule has 0 radical (unpaired) electrons. The molecular weight excluding hydrogens is 270 g/mol. The lowest BCUT2D eigenvalue weighted by Crippen LogP contribution is -2.25. The molecule has 1 rings (SSSR count). The summed E-state index contributed by atoms with van der Waals surface area (Å²) in [4.78, 5) is 9.97. The van der Waals surface area contributed by atoms with Gasteiger partial charge in [0.05, 0.1) is 11.0 Å². The average molecular weight is 288 g/mol. The maximum absolute atomic E-state index is 13.6. The van der Waals surface area contributed by atoms with Gasteiger partial charge in [-0.2, -0.15) is 0 Å². The highest BCUT2D eigenvalue weighted by molar-refractivity contribution is 5.62. The lowest BCUT2D eigenvalue weighted by atomic mass is 9.89. The van der Waals surface area contributed by atoms with E-state index >= 15 is 0 Å². The first-order valence-corrected chi connectivity index (χ1v) is 6.16. The molecule has 0 spiro atoms. The number of nitro benzene ring substituents is 1. The van der Waals surface area contributed by atoms with Gasteiger partial charge in [0.25, 0.3) is 5.69 Å². The molecule has 7 heteroatoms. The van der Waals surface area contributed by atoms with Crippen molar-refractivity contribution in [2.24, 2.45) is 5.41 Å². The number of nitro groups is 1. The number of benzene rings is 1. The molecule has 0 amide bonds. The van der Waals surface area contributed by atoms with Crippen LogP contribution in [-0.4, -0.2) is 22.7 Å². The van der Waals surface area contributed by atoms with E-state index in [9.17, 15) is 24.0 Å². The maximum Gasteiger partial charge on any atom is 0.295 e. The van der Waals surface area contributed by atoms with Gasteiger partial charge in [-0.15, -0.1) is 0 Å². The SMILES string of the molecule is CC(C)(C)CC(O)CNc1c([N+](=O)[O-])ccc(F)c1F. The van der Waals surface area contributed by atoms with Gasteiger partial charge in [-0.3, -0.25) is 10.1 Å². The zero-order chi connectivity index (χ0) is 15.5. The van der Waals surface area contributed by atoms with Crippen molar-refractivity contribution < 1.29 is 18.8 Å². The van der Waals surface area contributed by atoms with Gasteiger partial charge in [0, 0.05) is 12.6 Å². The third-order valence-electron chi connectivity index (χ3n) is 2.63. The number of nitrogens with zero attached hydrogens (tertiary/aromatic N) is 1. The van der Waals surface area contributed by atoms with E-state index in [-0.39, 0.29) is 12.0 Å². The van der Waals surface area contributed by atoms with Crippen LogP contribution in [0.15, 0.2) is 12.1 Å². The number of nitrogens with one attached hydrogen (secondary N) is 1. The molecule has 0 saturated carbocycles. The molecule has 5 nitrogen and oxygen atoms in total. The minimum Gasteiger partial charge on any atom is -0.391 e. The summed E-state index contributed by atoms with van der Waals surface area (Å²) in [6.07, 6.45) is -0.401. The van der Waals surface area contributed by atoms with Crippen LogP contribution in [-0.2, 0) is 0 Å². The zero-order valence-corrected chi connectivity index (χ0v) is 11.6. The predicted octanol–water partition coefficient (Wildman–Crippen LogP) is 3.08. The van der Waals surface area contributed by atoms with Crippen molar-refractivity contribution in [3.8, 4) is 0 Å². The van der Waals surface area contributed by atoms with Crippen LogP contribution < -0.4 is 5.32 Å². The van der Waals surface area contributed by atoms with Gasteiger partial charge in [0.15, 0.2) is 17.3 Å². The standard InChI is InChI=1S/C13H18F2N2O3/c1-13(2,3)6-8(18)7-16-12-10(17(19)20)5-4-9(14)11(12)15/h4-5,8,16,18H,6-7H2,1-3H3. The summed E-state index contributed by atoms with van der Waals surface area (Å²) in [7, 11) is 0. The third kappa shape index (κ3) is 4.41. The highest BCUT2D eigenvalue weighted by Crippen LogP contribution is 2.29. The molecule has 20 heavy (non-hydrogen) atoms. The summed E-state index contributed by atoms with van der Waals surface area (Å²) in [5.41, 5.74) is -1.25. The summed E-state index contributed by atoms with van der Waals surface area (Å²) >= 11 is 0. The van der Waals surface area contributed by atoms with Gasteiger partial charge in [-0.05, 0) is 17.9 Å². The molecule has 0 aromatic heterocycles. The van der Waals surface area contributed by atoms with Gasteiger partial charge >= 0.3 is 0 Å². The molecule has 1 unspecified atom stereocenters. The summed E-state index contributed by atoms with van der Waals surface area (Å²) in [5.74, 6) is -2.49. The van der Waals surface area contributed by atoms with E-state index < -0.39 is 34.0 Å². The van der Waals surface area contributed by atoms with E-state index in [0.717, 1.165) is 6.07 Å². The van der Waals surface area contributed by atoms with Crippen molar-refractivity contribution in [2.75, 3.05) is 11.9 Å². The van der Waals surface area contributed by atoms with Crippen molar-refractivity contribution in [2.45, 2.75) is 33.3 Å². The monoisotopic (exact) mass is 288 g/mol. The fourth-order valence-corrected chi connectivity index (χ4v) is 1.86. The molecule has 0 heterocycles. The minimum absolute atomic E-state index is 0.0987. The first-order chi connectivity index (χ1) is 9.11. The Morgan fingerprint density at radius 3 is 2.50 bits per heavy atom. The van der Waals surface area contributed by atoms with Crippen molar-refractivity contribution in [1.29, 1.82) is 0 Å². The minimum atomic E-state index is -1.32. The van der Waals surface area contributed by atoms with E-state index in [2.05, 4.69) is 5.32 Å². The van der Waals surface area contributed by atoms with Gasteiger partial charge in [-0.25, -0.2) is 8.78 Å². The topological polar surface area (TPSA) is 75.4 Å². The Bertz CT molecular complexity index is 501.